The molecule has 1 aliphatic heterocycles. The lowest BCUT2D eigenvalue weighted by atomic mass is 10.1. The first-order chi connectivity index (χ1) is 12.2. The predicted octanol–water partition coefficient (Wildman–Crippen LogP) is 3.78. The molecule has 128 valence electrons. The first-order valence-electron chi connectivity index (χ1n) is 8.25. The average Bonchev–Trinajstić information content (AvgIpc) is 3.16. The second-order valence-corrected chi connectivity index (χ2v) is 7.89. The highest BCUT2D eigenvalue weighted by molar-refractivity contribution is 7.98. The Labute approximate surface area is 154 Å². The summed E-state index contributed by atoms with van der Waals surface area (Å²) in [6.07, 6.45) is 2.86. The topological polar surface area (TPSA) is 49.0 Å². The molecule has 1 N–H and O–H groups in total. The van der Waals surface area contributed by atoms with Gasteiger partial charge in [0.2, 0.25) is 0 Å². The van der Waals surface area contributed by atoms with Gasteiger partial charge in [-0.05, 0) is 35.8 Å². The summed E-state index contributed by atoms with van der Waals surface area (Å²) in [6.45, 7) is 2.50. The molecular weight excluding hydrogens is 350 g/mol. The van der Waals surface area contributed by atoms with Gasteiger partial charge in [-0.1, -0.05) is 24.3 Å². The van der Waals surface area contributed by atoms with Crippen LogP contribution in [0.5, 0.6) is 0 Å². The van der Waals surface area contributed by atoms with Crippen LogP contribution in [-0.4, -0.2) is 27.7 Å². The van der Waals surface area contributed by atoms with E-state index >= 15 is 0 Å². The van der Waals surface area contributed by atoms with E-state index < -0.39 is 0 Å². The summed E-state index contributed by atoms with van der Waals surface area (Å²) < 4.78 is 0. The highest BCUT2D eigenvalue weighted by Crippen LogP contribution is 2.25. The number of hydrogen-bond donors (Lipinski definition) is 1. The summed E-state index contributed by atoms with van der Waals surface area (Å²) in [7, 11) is 0. The van der Waals surface area contributed by atoms with Gasteiger partial charge >= 0.3 is 0 Å². The Morgan fingerprint density at radius 3 is 2.96 bits per heavy atom. The molecule has 0 atom stereocenters. The molecule has 0 unspecified atom stereocenters. The maximum Gasteiger partial charge on any atom is 0.254 e. The molecule has 3 heterocycles. The number of thiophene rings is 1. The monoisotopic (exact) mass is 369 g/mol. The molecule has 3 aromatic rings. The van der Waals surface area contributed by atoms with Crippen LogP contribution in [0.25, 0.3) is 10.7 Å². The van der Waals surface area contributed by atoms with Crippen molar-refractivity contribution >= 4 is 23.1 Å². The molecule has 2 aromatic heterocycles. The van der Waals surface area contributed by atoms with E-state index in [0.717, 1.165) is 42.2 Å². The fourth-order valence-corrected chi connectivity index (χ4v) is 4.51. The van der Waals surface area contributed by atoms with E-state index in [1.165, 1.54) is 10.5 Å². The summed E-state index contributed by atoms with van der Waals surface area (Å²) >= 11 is 3.37. The summed E-state index contributed by atoms with van der Waals surface area (Å²) in [5, 5.41) is 2.00. The van der Waals surface area contributed by atoms with Gasteiger partial charge in [-0.25, -0.2) is 4.98 Å². The van der Waals surface area contributed by atoms with Gasteiger partial charge in [-0.15, -0.1) is 23.1 Å². The zero-order valence-electron chi connectivity index (χ0n) is 14.0. The normalized spacial score (nSPS) is 14.4. The third-order valence-corrected chi connectivity index (χ3v) is 6.21. The van der Waals surface area contributed by atoms with Gasteiger partial charge in [0.05, 0.1) is 10.6 Å². The SMILES string of the molecule is CSc1ccccc1CN1CCc2c(nc(-c3cccs3)[nH]c2=O)C1. The second-order valence-electron chi connectivity index (χ2n) is 6.09. The lowest BCUT2D eigenvalue weighted by Gasteiger charge is -2.28. The van der Waals surface area contributed by atoms with E-state index in [4.69, 9.17) is 4.98 Å². The average molecular weight is 370 g/mol. The highest BCUT2D eigenvalue weighted by atomic mass is 32.2. The molecule has 1 aromatic carbocycles. The van der Waals surface area contributed by atoms with Crippen LogP contribution in [0.1, 0.15) is 16.8 Å². The first kappa shape index (κ1) is 16.6. The molecule has 4 rings (SSSR count). The number of nitrogens with one attached hydrogen (secondary N) is 1. The Kier molecular flexibility index (Phi) is 4.74. The molecule has 0 saturated carbocycles. The first-order valence-corrected chi connectivity index (χ1v) is 10.3. The van der Waals surface area contributed by atoms with Crippen molar-refractivity contribution in [2.24, 2.45) is 0 Å². The number of aromatic amines is 1. The predicted molar refractivity (Wildman–Crippen MR) is 104 cm³/mol. The molecule has 0 aliphatic carbocycles. The van der Waals surface area contributed by atoms with E-state index in [1.54, 1.807) is 23.1 Å². The molecule has 1 aliphatic rings. The van der Waals surface area contributed by atoms with E-state index in [9.17, 15) is 4.79 Å². The van der Waals surface area contributed by atoms with Gasteiger partial charge in [0.15, 0.2) is 5.82 Å². The number of hydrogen-bond acceptors (Lipinski definition) is 5. The van der Waals surface area contributed by atoms with Crippen LogP contribution in [0.4, 0.5) is 0 Å². The maximum absolute atomic E-state index is 12.4. The summed E-state index contributed by atoms with van der Waals surface area (Å²) in [4.78, 5) is 24.8. The van der Waals surface area contributed by atoms with Crippen LogP contribution < -0.4 is 5.56 Å². The van der Waals surface area contributed by atoms with Gasteiger partial charge in [0.1, 0.15) is 0 Å². The van der Waals surface area contributed by atoms with Gasteiger partial charge in [-0.2, -0.15) is 0 Å². The Morgan fingerprint density at radius 2 is 2.16 bits per heavy atom. The number of benzene rings is 1. The fraction of sp³-hybridized carbons (Fsp3) is 0.263. The van der Waals surface area contributed by atoms with Gasteiger partial charge < -0.3 is 4.98 Å². The molecule has 6 heteroatoms. The standard InChI is InChI=1S/C19H19N3OS2/c1-24-16-6-3-2-5-13(16)11-22-9-8-14-15(12-22)20-18(21-19(14)23)17-7-4-10-25-17/h2-7,10H,8-9,11-12H2,1H3,(H,20,21,23). The number of aromatic nitrogens is 2. The number of fused-ring (bicyclic) bond motifs is 1. The Balaban J connectivity index is 1.61. The summed E-state index contributed by atoms with van der Waals surface area (Å²) in [6, 6.07) is 12.5. The van der Waals surface area contributed by atoms with E-state index in [-0.39, 0.29) is 5.56 Å². The van der Waals surface area contributed by atoms with Crippen molar-refractivity contribution in [2.45, 2.75) is 24.4 Å². The molecule has 0 saturated heterocycles. The van der Waals surface area contributed by atoms with Gasteiger partial charge in [-0.3, -0.25) is 9.69 Å². The minimum absolute atomic E-state index is 0.0116. The Morgan fingerprint density at radius 1 is 1.28 bits per heavy atom. The lowest BCUT2D eigenvalue weighted by Crippen LogP contribution is -2.35. The molecule has 0 spiro atoms. The van der Waals surface area contributed by atoms with Crippen molar-refractivity contribution in [3.8, 4) is 10.7 Å². The van der Waals surface area contributed by atoms with Crippen LogP contribution in [0.15, 0.2) is 51.5 Å². The quantitative estimate of drug-likeness (QED) is 0.711. The van der Waals surface area contributed by atoms with E-state index in [0.29, 0.717) is 5.82 Å². The molecule has 0 bridgehead atoms. The van der Waals surface area contributed by atoms with Crippen molar-refractivity contribution in [2.75, 3.05) is 12.8 Å². The number of nitrogens with zero attached hydrogens (tertiary/aromatic N) is 2. The van der Waals surface area contributed by atoms with Crippen LogP contribution in [-0.2, 0) is 19.5 Å². The molecule has 0 amide bonds. The van der Waals surface area contributed by atoms with E-state index in [2.05, 4.69) is 40.4 Å². The van der Waals surface area contributed by atoms with Crippen molar-refractivity contribution in [1.29, 1.82) is 0 Å². The molecule has 4 nitrogen and oxygen atoms in total. The lowest BCUT2D eigenvalue weighted by molar-refractivity contribution is 0.239. The molecule has 25 heavy (non-hydrogen) atoms. The summed E-state index contributed by atoms with van der Waals surface area (Å²) in [5.74, 6) is 0.685. The van der Waals surface area contributed by atoms with Crippen LogP contribution in [0, 0.1) is 0 Å². The fourth-order valence-electron chi connectivity index (χ4n) is 3.23. The van der Waals surface area contributed by atoms with E-state index in [1.807, 2.05) is 17.5 Å². The number of H-pyrrole nitrogens is 1. The molecule has 0 fully saturated rings. The zero-order valence-corrected chi connectivity index (χ0v) is 15.6. The second kappa shape index (κ2) is 7.15. The molecular formula is C19H19N3OS2. The van der Waals surface area contributed by atoms with Crippen molar-refractivity contribution < 1.29 is 0 Å². The largest absolute Gasteiger partial charge is 0.306 e. The molecule has 0 radical (unpaired) electrons. The summed E-state index contributed by atoms with van der Waals surface area (Å²) in [5.41, 5.74) is 3.11. The number of rotatable bonds is 4. The van der Waals surface area contributed by atoms with Crippen molar-refractivity contribution in [3.63, 3.8) is 0 Å². The van der Waals surface area contributed by atoms with Gasteiger partial charge in [0, 0.05) is 30.1 Å². The van der Waals surface area contributed by atoms with Crippen LogP contribution in [0.2, 0.25) is 0 Å². The minimum atomic E-state index is 0.0116. The maximum atomic E-state index is 12.4. The smallest absolute Gasteiger partial charge is 0.254 e. The minimum Gasteiger partial charge on any atom is -0.306 e. The van der Waals surface area contributed by atoms with Crippen LogP contribution in [0.3, 0.4) is 0 Å². The Bertz CT molecular complexity index is 934. The third kappa shape index (κ3) is 3.42. The van der Waals surface area contributed by atoms with Crippen LogP contribution >= 0.6 is 23.1 Å². The zero-order chi connectivity index (χ0) is 17.2. The third-order valence-electron chi connectivity index (χ3n) is 4.49. The van der Waals surface area contributed by atoms with Gasteiger partial charge in [0.25, 0.3) is 5.56 Å². The van der Waals surface area contributed by atoms with Crippen molar-refractivity contribution in [1.82, 2.24) is 14.9 Å². The highest BCUT2D eigenvalue weighted by Gasteiger charge is 2.22. The number of thioether (sulfide) groups is 1. The Hall–Kier alpha value is -1.89. The van der Waals surface area contributed by atoms with Crippen molar-refractivity contribution in [3.05, 3.63) is 69.0 Å².